The van der Waals surface area contributed by atoms with Gasteiger partial charge in [-0.05, 0) is 13.2 Å². The highest BCUT2D eigenvalue weighted by atomic mass is 32.2. The lowest BCUT2D eigenvalue weighted by atomic mass is 10.5. The van der Waals surface area contributed by atoms with Crippen LogP contribution >= 0.6 is 11.8 Å². The van der Waals surface area contributed by atoms with Gasteiger partial charge in [-0.25, -0.2) is 9.50 Å². The van der Waals surface area contributed by atoms with Gasteiger partial charge in [-0.2, -0.15) is 0 Å². The van der Waals surface area contributed by atoms with E-state index in [4.69, 9.17) is 0 Å². The van der Waals surface area contributed by atoms with Crippen LogP contribution in [0.5, 0.6) is 0 Å². The second-order valence-corrected chi connectivity index (χ2v) is 3.60. The molecular weight excluding hydrogens is 186 g/mol. The average molecular weight is 195 g/mol. The van der Waals surface area contributed by atoms with E-state index < -0.39 is 0 Å². The summed E-state index contributed by atoms with van der Waals surface area (Å²) in [5.74, 6) is 0. The molecule has 2 heterocycles. The van der Waals surface area contributed by atoms with Crippen molar-refractivity contribution < 1.29 is 0 Å². The van der Waals surface area contributed by atoms with Crippen LogP contribution in [-0.2, 0) is 0 Å². The van der Waals surface area contributed by atoms with E-state index in [1.54, 1.807) is 0 Å². The zero-order chi connectivity index (χ0) is 9.42. The number of thioether (sulfide) groups is 1. The van der Waals surface area contributed by atoms with Gasteiger partial charge in [-0.1, -0.05) is 0 Å². The predicted molar refractivity (Wildman–Crippen MR) is 52.3 cm³/mol. The Kier molecular flexibility index (Phi) is 1.88. The molecule has 13 heavy (non-hydrogen) atoms. The Morgan fingerprint density at radius 3 is 3.00 bits per heavy atom. The van der Waals surface area contributed by atoms with Crippen molar-refractivity contribution in [3.63, 3.8) is 0 Å². The van der Waals surface area contributed by atoms with Crippen LogP contribution in [0.3, 0.4) is 0 Å². The molecule has 0 aliphatic rings. The molecule has 0 saturated heterocycles. The number of H-pyrrole nitrogens is 1. The summed E-state index contributed by atoms with van der Waals surface area (Å²) in [6, 6.07) is 3.37. The first kappa shape index (κ1) is 8.37. The van der Waals surface area contributed by atoms with Crippen molar-refractivity contribution in [2.24, 2.45) is 0 Å². The summed E-state index contributed by atoms with van der Waals surface area (Å²) in [5, 5.41) is 3.66. The van der Waals surface area contributed by atoms with Gasteiger partial charge < -0.3 is 0 Å². The molecule has 0 spiro atoms. The maximum absolute atomic E-state index is 11.5. The third kappa shape index (κ3) is 1.35. The van der Waals surface area contributed by atoms with Gasteiger partial charge in [-0.15, -0.1) is 11.8 Å². The Morgan fingerprint density at radius 2 is 2.31 bits per heavy atom. The van der Waals surface area contributed by atoms with Crippen molar-refractivity contribution in [1.29, 1.82) is 0 Å². The second kappa shape index (κ2) is 2.92. The minimum Gasteiger partial charge on any atom is -0.294 e. The quantitative estimate of drug-likeness (QED) is 0.546. The van der Waals surface area contributed by atoms with Crippen molar-refractivity contribution in [2.75, 3.05) is 6.26 Å². The van der Waals surface area contributed by atoms with Crippen molar-refractivity contribution in [3.8, 4) is 0 Å². The van der Waals surface area contributed by atoms with Crippen LogP contribution in [0.4, 0.5) is 0 Å². The lowest BCUT2D eigenvalue weighted by Gasteiger charge is -1.94. The minimum absolute atomic E-state index is 0.0672. The zero-order valence-electron chi connectivity index (χ0n) is 7.37. The van der Waals surface area contributed by atoms with Crippen molar-refractivity contribution in [2.45, 2.75) is 11.9 Å². The lowest BCUT2D eigenvalue weighted by molar-refractivity contribution is 0.861. The number of fused-ring (bicyclic) bond motifs is 1. The summed E-state index contributed by atoms with van der Waals surface area (Å²) in [7, 11) is 0. The number of hydrogen-bond acceptors (Lipinski definition) is 3. The third-order valence-corrected chi connectivity index (χ3v) is 2.39. The molecule has 0 aromatic carbocycles. The lowest BCUT2D eigenvalue weighted by Crippen LogP contribution is -2.13. The highest BCUT2D eigenvalue weighted by Crippen LogP contribution is 2.09. The molecule has 0 atom stereocenters. The fraction of sp³-hybridized carbons (Fsp3) is 0.250. The first-order valence-corrected chi connectivity index (χ1v) is 5.06. The van der Waals surface area contributed by atoms with Crippen molar-refractivity contribution in [1.82, 2.24) is 14.6 Å². The van der Waals surface area contributed by atoms with Gasteiger partial charge in [0.15, 0.2) is 5.65 Å². The molecule has 0 fully saturated rings. The molecular formula is C8H9N3OS. The number of hydrogen-bond donors (Lipinski definition) is 1. The number of nitrogens with one attached hydrogen (secondary N) is 1. The van der Waals surface area contributed by atoms with Gasteiger partial charge >= 0.3 is 0 Å². The van der Waals surface area contributed by atoms with Gasteiger partial charge in [0.2, 0.25) is 0 Å². The Labute approximate surface area is 79.0 Å². The summed E-state index contributed by atoms with van der Waals surface area (Å²) in [6.45, 7) is 1.90. The van der Waals surface area contributed by atoms with Crippen LogP contribution in [0.15, 0.2) is 22.0 Å². The van der Waals surface area contributed by atoms with Crippen molar-refractivity contribution in [3.05, 3.63) is 28.2 Å². The Balaban J connectivity index is 2.83. The van der Waals surface area contributed by atoms with E-state index in [-0.39, 0.29) is 5.56 Å². The monoisotopic (exact) mass is 195 g/mol. The maximum atomic E-state index is 11.5. The topological polar surface area (TPSA) is 50.2 Å². The molecule has 0 saturated carbocycles. The predicted octanol–water partition coefficient (Wildman–Crippen LogP) is 1.05. The molecule has 4 nitrogen and oxygen atoms in total. The first-order chi connectivity index (χ1) is 6.20. The molecule has 2 aromatic heterocycles. The number of rotatable bonds is 1. The largest absolute Gasteiger partial charge is 0.294 e. The van der Waals surface area contributed by atoms with Gasteiger partial charge in [-0.3, -0.25) is 9.89 Å². The van der Waals surface area contributed by atoms with Crippen molar-refractivity contribution >= 4 is 17.4 Å². The fourth-order valence-electron chi connectivity index (χ4n) is 1.19. The van der Waals surface area contributed by atoms with Crippen LogP contribution in [-0.4, -0.2) is 20.9 Å². The smallest absolute Gasteiger partial charge is 0.273 e. The fourth-order valence-corrected chi connectivity index (χ4v) is 1.60. The van der Waals surface area contributed by atoms with Gasteiger partial charge in [0.1, 0.15) is 5.03 Å². The van der Waals surface area contributed by atoms with E-state index >= 15 is 0 Å². The number of aromatic nitrogens is 3. The molecule has 68 valence electrons. The summed E-state index contributed by atoms with van der Waals surface area (Å²) >= 11 is 1.47. The molecule has 0 unspecified atom stereocenters. The summed E-state index contributed by atoms with van der Waals surface area (Å²) in [5.41, 5.74) is 1.54. The van der Waals surface area contributed by atoms with E-state index in [0.717, 1.165) is 10.7 Å². The third-order valence-electron chi connectivity index (χ3n) is 1.76. The summed E-state index contributed by atoms with van der Waals surface area (Å²) < 4.78 is 1.44. The number of nitrogens with zero attached hydrogens (tertiary/aromatic N) is 2. The molecule has 0 aliphatic heterocycles. The van der Waals surface area contributed by atoms with E-state index in [1.807, 2.05) is 19.2 Å². The molecule has 0 amide bonds. The van der Waals surface area contributed by atoms with Gasteiger partial charge in [0.05, 0.1) is 0 Å². The van der Waals surface area contributed by atoms with Crippen LogP contribution in [0.25, 0.3) is 5.65 Å². The van der Waals surface area contributed by atoms with E-state index in [9.17, 15) is 4.79 Å². The Hall–Kier alpha value is -1.23. The molecule has 2 rings (SSSR count). The summed E-state index contributed by atoms with van der Waals surface area (Å²) in [6.07, 6.45) is 1.90. The highest BCUT2D eigenvalue weighted by molar-refractivity contribution is 7.98. The van der Waals surface area contributed by atoms with Crippen LogP contribution in [0.1, 0.15) is 5.69 Å². The van der Waals surface area contributed by atoms with E-state index in [1.165, 1.54) is 22.3 Å². The van der Waals surface area contributed by atoms with Crippen LogP contribution < -0.4 is 5.56 Å². The maximum Gasteiger partial charge on any atom is 0.273 e. The average Bonchev–Trinajstić information content (AvgIpc) is 2.46. The minimum atomic E-state index is -0.0672. The molecule has 5 heteroatoms. The Morgan fingerprint density at radius 1 is 1.54 bits per heavy atom. The molecule has 0 radical (unpaired) electrons. The van der Waals surface area contributed by atoms with Gasteiger partial charge in [0, 0.05) is 17.8 Å². The normalized spacial score (nSPS) is 10.9. The van der Waals surface area contributed by atoms with Gasteiger partial charge in [0.25, 0.3) is 5.56 Å². The molecule has 0 bridgehead atoms. The second-order valence-electron chi connectivity index (χ2n) is 2.77. The number of aromatic amines is 1. The van der Waals surface area contributed by atoms with E-state index in [0.29, 0.717) is 5.65 Å². The Bertz CT molecular complexity index is 500. The van der Waals surface area contributed by atoms with Crippen LogP contribution in [0.2, 0.25) is 0 Å². The molecule has 0 aliphatic carbocycles. The number of aryl methyl sites for hydroxylation is 1. The molecule has 1 N–H and O–H groups in total. The molecule has 2 aromatic rings. The SMILES string of the molecule is CSc1cc(=O)n2[nH]c(C)cc2n1. The van der Waals surface area contributed by atoms with E-state index in [2.05, 4.69) is 10.1 Å². The standard InChI is InChI=1S/C8H9N3OS/c1-5-3-6-9-7(13-2)4-8(12)11(6)10-5/h3-4,10H,1-2H3. The first-order valence-electron chi connectivity index (χ1n) is 3.84. The van der Waals surface area contributed by atoms with Crippen LogP contribution in [0, 0.1) is 6.92 Å². The summed E-state index contributed by atoms with van der Waals surface area (Å²) in [4.78, 5) is 15.7. The zero-order valence-corrected chi connectivity index (χ0v) is 8.18. The highest BCUT2D eigenvalue weighted by Gasteiger charge is 2.02.